The lowest BCUT2D eigenvalue weighted by Crippen LogP contribution is -2.23. The molecule has 23 heavy (non-hydrogen) atoms. The summed E-state index contributed by atoms with van der Waals surface area (Å²) in [7, 11) is 0. The van der Waals surface area contributed by atoms with Crippen molar-refractivity contribution >= 4 is 5.91 Å². The van der Waals surface area contributed by atoms with E-state index in [0.717, 1.165) is 27.9 Å². The molecule has 3 aromatic rings. The molecule has 1 amide bonds. The second kappa shape index (κ2) is 6.48. The number of para-hydroxylation sites is 1. The standard InChI is InChI=1S/C19H19N3O/c1-14-8-9-15(2)18(10-14)19(23)20-11-16-12-21-22(13-16)17-6-4-3-5-7-17/h3-10,12-13H,11H2,1-2H3,(H,20,23). The molecule has 0 bridgehead atoms. The van der Waals surface area contributed by atoms with E-state index in [9.17, 15) is 4.79 Å². The topological polar surface area (TPSA) is 46.9 Å². The predicted octanol–water partition coefficient (Wildman–Crippen LogP) is 3.42. The van der Waals surface area contributed by atoms with E-state index in [1.54, 1.807) is 10.9 Å². The molecule has 1 aromatic heterocycles. The van der Waals surface area contributed by atoms with Gasteiger partial charge in [-0.25, -0.2) is 4.68 Å². The van der Waals surface area contributed by atoms with Crippen LogP contribution in [0, 0.1) is 13.8 Å². The Morgan fingerprint density at radius 2 is 1.91 bits per heavy atom. The van der Waals surface area contributed by atoms with E-state index in [1.807, 2.05) is 68.6 Å². The number of aromatic nitrogens is 2. The van der Waals surface area contributed by atoms with Crippen LogP contribution in [0.3, 0.4) is 0 Å². The van der Waals surface area contributed by atoms with Crippen molar-refractivity contribution in [3.63, 3.8) is 0 Å². The number of benzene rings is 2. The van der Waals surface area contributed by atoms with E-state index in [2.05, 4.69) is 10.4 Å². The van der Waals surface area contributed by atoms with E-state index < -0.39 is 0 Å². The molecule has 1 heterocycles. The highest BCUT2D eigenvalue weighted by Gasteiger charge is 2.09. The maximum atomic E-state index is 12.3. The van der Waals surface area contributed by atoms with Crippen LogP contribution in [0.5, 0.6) is 0 Å². The lowest BCUT2D eigenvalue weighted by molar-refractivity contribution is 0.0950. The first-order valence-electron chi connectivity index (χ1n) is 7.58. The van der Waals surface area contributed by atoms with Gasteiger partial charge in [0.25, 0.3) is 5.91 Å². The van der Waals surface area contributed by atoms with Crippen molar-refractivity contribution in [3.05, 3.63) is 83.2 Å². The molecule has 0 aliphatic carbocycles. The minimum atomic E-state index is -0.0568. The summed E-state index contributed by atoms with van der Waals surface area (Å²) in [6, 6.07) is 15.8. The minimum Gasteiger partial charge on any atom is -0.348 e. The van der Waals surface area contributed by atoms with Gasteiger partial charge in [-0.15, -0.1) is 0 Å². The molecular weight excluding hydrogens is 286 g/mol. The summed E-state index contributed by atoms with van der Waals surface area (Å²) in [4.78, 5) is 12.3. The van der Waals surface area contributed by atoms with Crippen LogP contribution in [0.1, 0.15) is 27.0 Å². The Kier molecular flexibility index (Phi) is 4.24. The zero-order chi connectivity index (χ0) is 16.2. The van der Waals surface area contributed by atoms with Crippen molar-refractivity contribution in [1.29, 1.82) is 0 Å². The second-order valence-corrected chi connectivity index (χ2v) is 5.63. The van der Waals surface area contributed by atoms with Crippen LogP contribution >= 0.6 is 0 Å². The first-order valence-corrected chi connectivity index (χ1v) is 7.58. The quantitative estimate of drug-likeness (QED) is 0.803. The maximum absolute atomic E-state index is 12.3. The number of nitrogens with zero attached hydrogens (tertiary/aromatic N) is 2. The molecule has 0 unspecified atom stereocenters. The van der Waals surface area contributed by atoms with Crippen LogP contribution in [0.15, 0.2) is 60.9 Å². The summed E-state index contributed by atoms with van der Waals surface area (Å²) in [6.45, 7) is 4.39. The van der Waals surface area contributed by atoms with Gasteiger partial charge in [-0.1, -0.05) is 35.9 Å². The summed E-state index contributed by atoms with van der Waals surface area (Å²) in [5.41, 5.74) is 4.75. The summed E-state index contributed by atoms with van der Waals surface area (Å²) in [5.74, 6) is -0.0568. The fraction of sp³-hybridized carbons (Fsp3) is 0.158. The van der Waals surface area contributed by atoms with Gasteiger partial charge >= 0.3 is 0 Å². The molecule has 0 spiro atoms. The third-order valence-corrected chi connectivity index (χ3v) is 3.75. The van der Waals surface area contributed by atoms with Crippen molar-refractivity contribution in [3.8, 4) is 5.69 Å². The molecule has 4 heteroatoms. The van der Waals surface area contributed by atoms with Crippen LogP contribution < -0.4 is 5.32 Å². The third-order valence-electron chi connectivity index (χ3n) is 3.75. The normalized spacial score (nSPS) is 10.5. The zero-order valence-corrected chi connectivity index (χ0v) is 13.3. The van der Waals surface area contributed by atoms with E-state index in [1.165, 1.54) is 0 Å². The van der Waals surface area contributed by atoms with Crippen molar-refractivity contribution in [2.45, 2.75) is 20.4 Å². The number of hydrogen-bond acceptors (Lipinski definition) is 2. The van der Waals surface area contributed by atoms with Crippen LogP contribution in [0.25, 0.3) is 5.69 Å². The lowest BCUT2D eigenvalue weighted by atomic mass is 10.1. The number of carbonyl (C=O) groups excluding carboxylic acids is 1. The highest BCUT2D eigenvalue weighted by molar-refractivity contribution is 5.95. The Labute approximate surface area is 135 Å². The fourth-order valence-electron chi connectivity index (χ4n) is 2.43. The van der Waals surface area contributed by atoms with Gasteiger partial charge in [0.1, 0.15) is 0 Å². The molecule has 0 aliphatic heterocycles. The number of hydrogen-bond donors (Lipinski definition) is 1. The van der Waals surface area contributed by atoms with Gasteiger partial charge in [-0.05, 0) is 37.6 Å². The largest absolute Gasteiger partial charge is 0.348 e. The summed E-state index contributed by atoms with van der Waals surface area (Å²) < 4.78 is 1.80. The summed E-state index contributed by atoms with van der Waals surface area (Å²) in [6.07, 6.45) is 3.70. The van der Waals surface area contributed by atoms with Crippen molar-refractivity contribution in [1.82, 2.24) is 15.1 Å². The molecule has 1 N–H and O–H groups in total. The molecular formula is C19H19N3O. The Morgan fingerprint density at radius 3 is 2.70 bits per heavy atom. The lowest BCUT2D eigenvalue weighted by Gasteiger charge is -2.07. The minimum absolute atomic E-state index is 0.0568. The van der Waals surface area contributed by atoms with E-state index in [4.69, 9.17) is 0 Å². The number of aryl methyl sites for hydroxylation is 2. The van der Waals surface area contributed by atoms with Gasteiger partial charge in [-0.3, -0.25) is 4.79 Å². The van der Waals surface area contributed by atoms with Gasteiger partial charge in [0.05, 0.1) is 11.9 Å². The highest BCUT2D eigenvalue weighted by atomic mass is 16.1. The average Bonchev–Trinajstić information content (AvgIpc) is 3.05. The first kappa shape index (κ1) is 15.0. The van der Waals surface area contributed by atoms with Crippen molar-refractivity contribution in [2.24, 2.45) is 0 Å². The Hall–Kier alpha value is -2.88. The average molecular weight is 305 g/mol. The number of rotatable bonds is 4. The summed E-state index contributed by atoms with van der Waals surface area (Å²) in [5, 5.41) is 7.29. The van der Waals surface area contributed by atoms with Crippen molar-refractivity contribution < 1.29 is 4.79 Å². The Morgan fingerprint density at radius 1 is 1.13 bits per heavy atom. The van der Waals surface area contributed by atoms with Gasteiger partial charge < -0.3 is 5.32 Å². The fourth-order valence-corrected chi connectivity index (χ4v) is 2.43. The van der Waals surface area contributed by atoms with Crippen LogP contribution in [0.4, 0.5) is 0 Å². The predicted molar refractivity (Wildman–Crippen MR) is 90.7 cm³/mol. The monoisotopic (exact) mass is 305 g/mol. The van der Waals surface area contributed by atoms with Crippen LogP contribution in [-0.4, -0.2) is 15.7 Å². The van der Waals surface area contributed by atoms with Gasteiger partial charge in [-0.2, -0.15) is 5.10 Å². The van der Waals surface area contributed by atoms with Gasteiger partial charge in [0.2, 0.25) is 0 Å². The first-order chi connectivity index (χ1) is 11.1. The molecule has 4 nitrogen and oxygen atoms in total. The zero-order valence-electron chi connectivity index (χ0n) is 13.3. The molecule has 0 saturated heterocycles. The van der Waals surface area contributed by atoms with Crippen molar-refractivity contribution in [2.75, 3.05) is 0 Å². The van der Waals surface area contributed by atoms with E-state index >= 15 is 0 Å². The molecule has 2 aromatic carbocycles. The molecule has 3 rings (SSSR count). The number of nitrogens with one attached hydrogen (secondary N) is 1. The maximum Gasteiger partial charge on any atom is 0.251 e. The molecule has 0 radical (unpaired) electrons. The van der Waals surface area contributed by atoms with Gasteiger partial charge in [0.15, 0.2) is 0 Å². The highest BCUT2D eigenvalue weighted by Crippen LogP contribution is 2.11. The SMILES string of the molecule is Cc1ccc(C)c(C(=O)NCc2cnn(-c3ccccc3)c2)c1. The van der Waals surface area contributed by atoms with E-state index in [-0.39, 0.29) is 5.91 Å². The smallest absolute Gasteiger partial charge is 0.251 e. The summed E-state index contributed by atoms with van der Waals surface area (Å²) >= 11 is 0. The number of amides is 1. The number of carbonyl (C=O) groups is 1. The molecule has 0 atom stereocenters. The Balaban J connectivity index is 1.68. The molecule has 0 saturated carbocycles. The molecule has 116 valence electrons. The van der Waals surface area contributed by atoms with E-state index in [0.29, 0.717) is 6.54 Å². The van der Waals surface area contributed by atoms with Crippen LogP contribution in [0.2, 0.25) is 0 Å². The second-order valence-electron chi connectivity index (χ2n) is 5.63. The Bertz CT molecular complexity index is 822. The third kappa shape index (κ3) is 3.48. The van der Waals surface area contributed by atoms with Crippen LogP contribution in [-0.2, 0) is 6.54 Å². The molecule has 0 fully saturated rings. The van der Waals surface area contributed by atoms with Gasteiger partial charge in [0, 0.05) is 23.9 Å². The molecule has 0 aliphatic rings.